The number of carbonyl (C=O) groups excluding carboxylic acids is 1. The van der Waals surface area contributed by atoms with Gasteiger partial charge in [-0.15, -0.1) is 0 Å². The van der Waals surface area contributed by atoms with Crippen LogP contribution in [0.15, 0.2) is 28.9 Å². The fourth-order valence-corrected chi connectivity index (χ4v) is 2.54. The molecule has 0 bridgehead atoms. The quantitative estimate of drug-likeness (QED) is 0.850. The molecule has 1 atom stereocenters. The first kappa shape index (κ1) is 15.1. The first-order valence-corrected chi connectivity index (χ1v) is 7.43. The van der Waals surface area contributed by atoms with E-state index in [-0.39, 0.29) is 11.8 Å². The van der Waals surface area contributed by atoms with Crippen molar-refractivity contribution in [1.29, 1.82) is 0 Å². The minimum absolute atomic E-state index is 0.0351. The Morgan fingerprint density at radius 3 is 3.05 bits per heavy atom. The number of methoxy groups -OCH3 is 1. The van der Waals surface area contributed by atoms with E-state index in [9.17, 15) is 4.79 Å². The van der Waals surface area contributed by atoms with Gasteiger partial charge in [0.15, 0.2) is 0 Å². The van der Waals surface area contributed by atoms with Crippen molar-refractivity contribution >= 4 is 32.7 Å². The molecular weight excluding hydrogens is 320 g/mol. The van der Waals surface area contributed by atoms with Crippen LogP contribution in [0.1, 0.15) is 12.5 Å². The second-order valence-electron chi connectivity index (χ2n) is 4.90. The molecule has 4 nitrogen and oxygen atoms in total. The summed E-state index contributed by atoms with van der Waals surface area (Å²) in [4.78, 5) is 15.0. The van der Waals surface area contributed by atoms with Gasteiger partial charge in [0.05, 0.1) is 12.5 Å². The number of aromatic amines is 1. The molecule has 1 unspecified atom stereocenters. The maximum absolute atomic E-state index is 11.8. The summed E-state index contributed by atoms with van der Waals surface area (Å²) in [6, 6.07) is 6.15. The highest BCUT2D eigenvalue weighted by atomic mass is 79.9. The first-order valence-electron chi connectivity index (χ1n) is 6.64. The molecule has 0 aliphatic heterocycles. The van der Waals surface area contributed by atoms with Gasteiger partial charge in [-0.25, -0.2) is 0 Å². The van der Waals surface area contributed by atoms with Crippen LogP contribution in [-0.4, -0.2) is 31.2 Å². The Kier molecular flexibility index (Phi) is 5.20. The van der Waals surface area contributed by atoms with Crippen LogP contribution in [0.25, 0.3) is 10.9 Å². The summed E-state index contributed by atoms with van der Waals surface area (Å²) in [5.41, 5.74) is 2.32. The van der Waals surface area contributed by atoms with Crippen LogP contribution in [0.4, 0.5) is 0 Å². The Hall–Kier alpha value is -1.33. The molecule has 2 N–H and O–H groups in total. The van der Waals surface area contributed by atoms with Crippen molar-refractivity contribution in [2.75, 3.05) is 20.3 Å². The predicted molar refractivity (Wildman–Crippen MR) is 83.8 cm³/mol. The van der Waals surface area contributed by atoms with Crippen molar-refractivity contribution < 1.29 is 9.53 Å². The average molecular weight is 339 g/mol. The number of amides is 1. The van der Waals surface area contributed by atoms with E-state index in [0.29, 0.717) is 13.2 Å². The van der Waals surface area contributed by atoms with Crippen molar-refractivity contribution in [2.45, 2.75) is 13.3 Å². The lowest BCUT2D eigenvalue weighted by Gasteiger charge is -2.10. The monoisotopic (exact) mass is 338 g/mol. The van der Waals surface area contributed by atoms with Crippen LogP contribution in [0.3, 0.4) is 0 Å². The van der Waals surface area contributed by atoms with Crippen molar-refractivity contribution in [3.8, 4) is 0 Å². The van der Waals surface area contributed by atoms with E-state index in [4.69, 9.17) is 4.74 Å². The van der Waals surface area contributed by atoms with E-state index < -0.39 is 0 Å². The molecule has 0 saturated heterocycles. The molecule has 0 fully saturated rings. The average Bonchev–Trinajstić information content (AvgIpc) is 2.81. The fraction of sp³-hybridized carbons (Fsp3) is 0.400. The Balaban J connectivity index is 1.93. The second kappa shape index (κ2) is 6.90. The molecule has 0 aliphatic carbocycles. The number of hydrogen-bond acceptors (Lipinski definition) is 2. The number of carbonyl (C=O) groups is 1. The van der Waals surface area contributed by atoms with Crippen LogP contribution < -0.4 is 5.32 Å². The van der Waals surface area contributed by atoms with Gasteiger partial charge in [-0.2, -0.15) is 0 Å². The summed E-state index contributed by atoms with van der Waals surface area (Å²) < 4.78 is 6.04. The number of rotatable bonds is 6. The van der Waals surface area contributed by atoms with Gasteiger partial charge in [-0.05, 0) is 30.2 Å². The van der Waals surface area contributed by atoms with E-state index in [1.54, 1.807) is 7.11 Å². The van der Waals surface area contributed by atoms with Crippen molar-refractivity contribution in [3.05, 3.63) is 34.4 Å². The third kappa shape index (κ3) is 3.61. The molecule has 1 aromatic carbocycles. The summed E-state index contributed by atoms with van der Waals surface area (Å²) in [5, 5.41) is 4.13. The lowest BCUT2D eigenvalue weighted by molar-refractivity contribution is -0.125. The van der Waals surface area contributed by atoms with Crippen LogP contribution in [0.5, 0.6) is 0 Å². The van der Waals surface area contributed by atoms with Gasteiger partial charge >= 0.3 is 0 Å². The normalized spacial score (nSPS) is 12.6. The Morgan fingerprint density at radius 2 is 2.30 bits per heavy atom. The molecule has 1 amide bonds. The van der Waals surface area contributed by atoms with Gasteiger partial charge in [0.1, 0.15) is 0 Å². The number of aromatic nitrogens is 1. The molecule has 1 aromatic heterocycles. The molecule has 1 heterocycles. The highest BCUT2D eigenvalue weighted by Crippen LogP contribution is 2.22. The Bertz CT molecular complexity index is 595. The Morgan fingerprint density at radius 1 is 1.50 bits per heavy atom. The maximum atomic E-state index is 11.8. The molecule has 0 radical (unpaired) electrons. The van der Waals surface area contributed by atoms with Crippen molar-refractivity contribution in [1.82, 2.24) is 10.3 Å². The van der Waals surface area contributed by atoms with Crippen molar-refractivity contribution in [2.24, 2.45) is 5.92 Å². The second-order valence-corrected chi connectivity index (χ2v) is 5.82. The van der Waals surface area contributed by atoms with Crippen LogP contribution in [0, 0.1) is 5.92 Å². The smallest absolute Gasteiger partial charge is 0.225 e. The lowest BCUT2D eigenvalue weighted by Crippen LogP contribution is -2.32. The van der Waals surface area contributed by atoms with Gasteiger partial charge < -0.3 is 15.0 Å². The van der Waals surface area contributed by atoms with Gasteiger partial charge in [0, 0.05) is 35.2 Å². The highest BCUT2D eigenvalue weighted by Gasteiger charge is 2.12. The molecule has 2 rings (SSSR count). The SMILES string of the molecule is COCC(C)C(=O)NCCc1c[nH]c2ccc(Br)cc12. The van der Waals surface area contributed by atoms with Gasteiger partial charge in [0.25, 0.3) is 0 Å². The molecule has 20 heavy (non-hydrogen) atoms. The number of nitrogens with one attached hydrogen (secondary N) is 2. The molecular formula is C15H19BrN2O2. The predicted octanol–water partition coefficient (Wildman–Crippen LogP) is 2.87. The van der Waals surface area contributed by atoms with Crippen LogP contribution >= 0.6 is 15.9 Å². The first-order chi connectivity index (χ1) is 9.61. The number of halogens is 1. The summed E-state index contributed by atoms with van der Waals surface area (Å²) in [5.74, 6) is -0.0787. The van der Waals surface area contributed by atoms with Gasteiger partial charge in [-0.1, -0.05) is 22.9 Å². The molecule has 0 saturated carbocycles. The van der Waals surface area contributed by atoms with E-state index in [1.165, 1.54) is 10.9 Å². The number of benzene rings is 1. The number of H-pyrrole nitrogens is 1. The topological polar surface area (TPSA) is 54.1 Å². The summed E-state index contributed by atoms with van der Waals surface area (Å²) in [7, 11) is 1.60. The zero-order valence-corrected chi connectivity index (χ0v) is 13.3. The minimum Gasteiger partial charge on any atom is -0.384 e. The largest absolute Gasteiger partial charge is 0.384 e. The minimum atomic E-state index is -0.114. The standard InChI is InChI=1S/C15H19BrN2O2/c1-10(9-20-2)15(19)17-6-5-11-8-18-14-4-3-12(16)7-13(11)14/h3-4,7-8,10,18H,5-6,9H2,1-2H3,(H,17,19). The molecule has 0 spiro atoms. The third-order valence-corrected chi connectivity index (χ3v) is 3.78. The van der Waals surface area contributed by atoms with Crippen molar-refractivity contribution in [3.63, 3.8) is 0 Å². The van der Waals surface area contributed by atoms with E-state index in [1.807, 2.05) is 25.3 Å². The highest BCUT2D eigenvalue weighted by molar-refractivity contribution is 9.10. The van der Waals surface area contributed by atoms with Gasteiger partial charge in [0.2, 0.25) is 5.91 Å². The fourth-order valence-electron chi connectivity index (χ4n) is 2.18. The summed E-state index contributed by atoms with van der Waals surface area (Å²) >= 11 is 3.48. The molecule has 5 heteroatoms. The molecule has 2 aromatic rings. The number of fused-ring (bicyclic) bond motifs is 1. The third-order valence-electron chi connectivity index (χ3n) is 3.29. The number of ether oxygens (including phenoxy) is 1. The van der Waals surface area contributed by atoms with E-state index >= 15 is 0 Å². The van der Waals surface area contributed by atoms with E-state index in [2.05, 4.69) is 32.3 Å². The summed E-state index contributed by atoms with van der Waals surface area (Å²) in [6.07, 6.45) is 2.81. The number of hydrogen-bond donors (Lipinski definition) is 2. The van der Waals surface area contributed by atoms with E-state index in [0.717, 1.165) is 16.4 Å². The molecule has 108 valence electrons. The van der Waals surface area contributed by atoms with Crippen LogP contribution in [-0.2, 0) is 16.0 Å². The Labute approximate surface area is 127 Å². The zero-order valence-electron chi connectivity index (χ0n) is 11.7. The van der Waals surface area contributed by atoms with Gasteiger partial charge in [-0.3, -0.25) is 4.79 Å². The lowest BCUT2D eigenvalue weighted by atomic mass is 10.1. The molecule has 0 aliphatic rings. The van der Waals surface area contributed by atoms with Crippen LogP contribution in [0.2, 0.25) is 0 Å². The zero-order chi connectivity index (χ0) is 14.5. The maximum Gasteiger partial charge on any atom is 0.225 e. The summed E-state index contributed by atoms with van der Waals surface area (Å²) in [6.45, 7) is 2.94.